The average Bonchev–Trinajstić information content (AvgIpc) is 2.42. The fourth-order valence-corrected chi connectivity index (χ4v) is 1.86. The van der Waals surface area contributed by atoms with E-state index in [4.69, 9.17) is 10.5 Å². The van der Waals surface area contributed by atoms with E-state index in [9.17, 15) is 4.39 Å². The fraction of sp³-hybridized carbons (Fsp3) is 0.200. The van der Waals surface area contributed by atoms with Gasteiger partial charge in [-0.3, -0.25) is 0 Å². The lowest BCUT2D eigenvalue weighted by molar-refractivity contribution is 0.387. The van der Waals surface area contributed by atoms with Gasteiger partial charge in [-0.2, -0.15) is 0 Å². The molecule has 0 aromatic heterocycles. The van der Waals surface area contributed by atoms with Crippen molar-refractivity contribution in [1.29, 1.82) is 0 Å². The molecule has 0 aliphatic rings. The van der Waals surface area contributed by atoms with Gasteiger partial charge in [0.15, 0.2) is 11.6 Å². The predicted octanol–water partition coefficient (Wildman–Crippen LogP) is 3.72. The first-order valence-electron chi connectivity index (χ1n) is 6.13. The van der Waals surface area contributed by atoms with Crippen LogP contribution < -0.4 is 15.8 Å². The number of anilines is 3. The van der Waals surface area contributed by atoms with Crippen LogP contribution in [-0.2, 0) is 6.42 Å². The summed E-state index contributed by atoms with van der Waals surface area (Å²) in [6.45, 7) is 2.09. The number of rotatable bonds is 4. The van der Waals surface area contributed by atoms with E-state index in [2.05, 4.69) is 18.3 Å². The zero-order valence-electron chi connectivity index (χ0n) is 11.0. The molecule has 0 fully saturated rings. The third kappa shape index (κ3) is 2.96. The summed E-state index contributed by atoms with van der Waals surface area (Å²) < 4.78 is 18.4. The van der Waals surface area contributed by atoms with E-state index < -0.39 is 5.82 Å². The Bertz CT molecular complexity index is 584. The van der Waals surface area contributed by atoms with Gasteiger partial charge in [-0.25, -0.2) is 4.39 Å². The third-order valence-corrected chi connectivity index (χ3v) is 2.94. The van der Waals surface area contributed by atoms with Crippen LogP contribution in [0.5, 0.6) is 5.75 Å². The summed E-state index contributed by atoms with van der Waals surface area (Å²) in [4.78, 5) is 0. The molecule has 3 N–H and O–H groups in total. The van der Waals surface area contributed by atoms with Gasteiger partial charge < -0.3 is 15.8 Å². The second kappa shape index (κ2) is 5.61. The lowest BCUT2D eigenvalue weighted by atomic mass is 10.1. The standard InChI is InChI=1S/C15H17FN2O/c1-3-10-5-4-6-11(7-10)18-14-9-15(19-2)12(16)8-13(14)17/h4-9,18H,3,17H2,1-2H3. The topological polar surface area (TPSA) is 47.3 Å². The number of nitrogen functional groups attached to an aromatic ring is 1. The smallest absolute Gasteiger partial charge is 0.167 e. The van der Waals surface area contributed by atoms with Crippen molar-refractivity contribution in [1.82, 2.24) is 0 Å². The number of nitrogens with two attached hydrogens (primary N) is 1. The molecule has 3 nitrogen and oxygen atoms in total. The Morgan fingerprint density at radius 2 is 2.05 bits per heavy atom. The van der Waals surface area contributed by atoms with E-state index in [1.54, 1.807) is 6.07 Å². The summed E-state index contributed by atoms with van der Waals surface area (Å²) in [6, 6.07) is 10.8. The van der Waals surface area contributed by atoms with Gasteiger partial charge in [0.05, 0.1) is 18.5 Å². The van der Waals surface area contributed by atoms with Crippen LogP contribution in [0.1, 0.15) is 12.5 Å². The summed E-state index contributed by atoms with van der Waals surface area (Å²) >= 11 is 0. The predicted molar refractivity (Wildman–Crippen MR) is 76.5 cm³/mol. The van der Waals surface area contributed by atoms with Crippen molar-refractivity contribution in [3.8, 4) is 5.75 Å². The number of methoxy groups -OCH3 is 1. The third-order valence-electron chi connectivity index (χ3n) is 2.94. The van der Waals surface area contributed by atoms with Gasteiger partial charge in [-0.15, -0.1) is 0 Å². The largest absolute Gasteiger partial charge is 0.494 e. The maximum atomic E-state index is 13.5. The Hall–Kier alpha value is -2.23. The Balaban J connectivity index is 2.32. The van der Waals surface area contributed by atoms with Crippen molar-refractivity contribution < 1.29 is 9.13 Å². The van der Waals surface area contributed by atoms with Crippen LogP contribution in [0.25, 0.3) is 0 Å². The second-order valence-electron chi connectivity index (χ2n) is 4.25. The molecule has 4 heteroatoms. The molecule has 0 aliphatic carbocycles. The quantitative estimate of drug-likeness (QED) is 0.823. The molecule has 0 saturated heterocycles. The van der Waals surface area contributed by atoms with Crippen molar-refractivity contribution in [2.24, 2.45) is 0 Å². The van der Waals surface area contributed by atoms with Gasteiger partial charge in [-0.1, -0.05) is 19.1 Å². The molecule has 0 unspecified atom stereocenters. The van der Waals surface area contributed by atoms with E-state index in [1.165, 1.54) is 18.7 Å². The van der Waals surface area contributed by atoms with Crippen LogP contribution in [0.3, 0.4) is 0 Å². The van der Waals surface area contributed by atoms with E-state index in [0.717, 1.165) is 12.1 Å². The minimum atomic E-state index is -0.465. The van der Waals surface area contributed by atoms with Crippen LogP contribution in [0.15, 0.2) is 36.4 Å². The van der Waals surface area contributed by atoms with Gasteiger partial charge in [0.25, 0.3) is 0 Å². The first-order chi connectivity index (χ1) is 9.13. The van der Waals surface area contributed by atoms with Gasteiger partial charge in [-0.05, 0) is 24.1 Å². The summed E-state index contributed by atoms with van der Waals surface area (Å²) in [5, 5.41) is 3.18. The lowest BCUT2D eigenvalue weighted by Gasteiger charge is -2.12. The minimum Gasteiger partial charge on any atom is -0.494 e. The SMILES string of the molecule is CCc1cccc(Nc2cc(OC)c(F)cc2N)c1. The zero-order chi connectivity index (χ0) is 13.8. The van der Waals surface area contributed by atoms with Crippen LogP contribution in [0.2, 0.25) is 0 Å². The summed E-state index contributed by atoms with van der Waals surface area (Å²) in [5.41, 5.74) is 8.92. The molecule has 0 radical (unpaired) electrons. The zero-order valence-corrected chi connectivity index (χ0v) is 11.0. The molecule has 2 rings (SSSR count). The van der Waals surface area contributed by atoms with Gasteiger partial charge in [0.1, 0.15) is 0 Å². The molecule has 19 heavy (non-hydrogen) atoms. The van der Waals surface area contributed by atoms with Crippen LogP contribution in [-0.4, -0.2) is 7.11 Å². The maximum Gasteiger partial charge on any atom is 0.167 e. The Morgan fingerprint density at radius 1 is 1.26 bits per heavy atom. The highest BCUT2D eigenvalue weighted by Gasteiger charge is 2.08. The number of benzene rings is 2. The summed E-state index contributed by atoms with van der Waals surface area (Å²) in [6.07, 6.45) is 0.956. The first kappa shape index (κ1) is 13.2. The van der Waals surface area contributed by atoms with Crippen molar-refractivity contribution in [2.75, 3.05) is 18.2 Å². The molecule has 0 bridgehead atoms. The van der Waals surface area contributed by atoms with Gasteiger partial charge in [0.2, 0.25) is 0 Å². The first-order valence-corrected chi connectivity index (χ1v) is 6.13. The van der Waals surface area contributed by atoms with Crippen molar-refractivity contribution in [2.45, 2.75) is 13.3 Å². The highest BCUT2D eigenvalue weighted by molar-refractivity contribution is 5.74. The molecule has 2 aromatic rings. The van der Waals surface area contributed by atoms with E-state index in [-0.39, 0.29) is 5.75 Å². The van der Waals surface area contributed by atoms with E-state index in [1.807, 2.05) is 18.2 Å². The second-order valence-corrected chi connectivity index (χ2v) is 4.25. The van der Waals surface area contributed by atoms with Gasteiger partial charge in [0, 0.05) is 17.8 Å². The van der Waals surface area contributed by atoms with E-state index in [0.29, 0.717) is 11.4 Å². The number of hydrogen-bond donors (Lipinski definition) is 2. The summed E-state index contributed by atoms with van der Waals surface area (Å²) in [7, 11) is 1.43. The number of hydrogen-bond acceptors (Lipinski definition) is 3. The van der Waals surface area contributed by atoms with Crippen molar-refractivity contribution >= 4 is 17.1 Å². The van der Waals surface area contributed by atoms with Gasteiger partial charge >= 0.3 is 0 Å². The van der Waals surface area contributed by atoms with Crippen molar-refractivity contribution in [3.63, 3.8) is 0 Å². The van der Waals surface area contributed by atoms with Crippen LogP contribution in [0, 0.1) is 5.82 Å². The molecular weight excluding hydrogens is 243 g/mol. The monoisotopic (exact) mass is 260 g/mol. The van der Waals surface area contributed by atoms with Crippen LogP contribution in [0.4, 0.5) is 21.5 Å². The molecule has 0 aliphatic heterocycles. The molecule has 0 spiro atoms. The van der Waals surface area contributed by atoms with Crippen molar-refractivity contribution in [3.05, 3.63) is 47.8 Å². The Labute approximate surface area is 112 Å². The number of aryl methyl sites for hydroxylation is 1. The summed E-state index contributed by atoms with van der Waals surface area (Å²) in [5.74, 6) is -0.295. The minimum absolute atomic E-state index is 0.170. The molecule has 0 saturated carbocycles. The molecule has 100 valence electrons. The average molecular weight is 260 g/mol. The molecular formula is C15H17FN2O. The Kier molecular flexibility index (Phi) is 3.90. The molecule has 2 aromatic carbocycles. The Morgan fingerprint density at radius 3 is 2.74 bits per heavy atom. The normalized spacial score (nSPS) is 10.3. The molecule has 0 amide bonds. The number of ether oxygens (including phenoxy) is 1. The van der Waals surface area contributed by atoms with E-state index >= 15 is 0 Å². The van der Waals surface area contributed by atoms with Crippen LogP contribution >= 0.6 is 0 Å². The highest BCUT2D eigenvalue weighted by Crippen LogP contribution is 2.30. The maximum absolute atomic E-state index is 13.5. The molecule has 0 heterocycles. The lowest BCUT2D eigenvalue weighted by Crippen LogP contribution is -1.99. The molecule has 0 atom stereocenters. The number of halogens is 1. The fourth-order valence-electron chi connectivity index (χ4n) is 1.86. The number of nitrogens with one attached hydrogen (secondary N) is 1. The highest BCUT2D eigenvalue weighted by atomic mass is 19.1.